The third-order valence-electron chi connectivity index (χ3n) is 1.14. The molecule has 4 heteroatoms. The second-order valence-electron chi connectivity index (χ2n) is 1.94. The number of carboxylic acids is 1. The molecule has 1 fully saturated rings. The van der Waals surface area contributed by atoms with Gasteiger partial charge in [0.15, 0.2) is 0 Å². The highest BCUT2D eigenvalue weighted by Gasteiger charge is 2.14. The average molecular weight is 131 g/mol. The van der Waals surface area contributed by atoms with Gasteiger partial charge in [-0.3, -0.25) is 9.63 Å². The molecular weight excluding hydrogens is 122 g/mol. The molecule has 1 aliphatic heterocycles. The third kappa shape index (κ3) is 1.99. The molecule has 1 saturated heterocycles. The lowest BCUT2D eigenvalue weighted by atomic mass is 10.5. The smallest absolute Gasteiger partial charge is 0.320 e. The Hall–Kier alpha value is -0.610. The van der Waals surface area contributed by atoms with Crippen LogP contribution >= 0.6 is 0 Å². The van der Waals surface area contributed by atoms with Crippen LogP contribution in [0.2, 0.25) is 0 Å². The molecule has 1 heterocycles. The van der Waals surface area contributed by atoms with Crippen LogP contribution in [0.1, 0.15) is 6.42 Å². The van der Waals surface area contributed by atoms with Crippen LogP contribution in [0.25, 0.3) is 0 Å². The average Bonchev–Trinajstić information content (AvgIpc) is 2.15. The molecular formula is C5H9NO3. The van der Waals surface area contributed by atoms with Gasteiger partial charge in [0.25, 0.3) is 0 Å². The van der Waals surface area contributed by atoms with E-state index in [4.69, 9.17) is 9.94 Å². The number of hydrogen-bond donors (Lipinski definition) is 1. The molecule has 9 heavy (non-hydrogen) atoms. The van der Waals surface area contributed by atoms with Crippen LogP contribution in [0.5, 0.6) is 0 Å². The molecule has 0 bridgehead atoms. The van der Waals surface area contributed by atoms with Crippen molar-refractivity contribution in [2.75, 3.05) is 19.7 Å². The number of rotatable bonds is 2. The Bertz CT molecular complexity index is 109. The molecule has 52 valence electrons. The van der Waals surface area contributed by atoms with Crippen molar-refractivity contribution in [1.29, 1.82) is 0 Å². The summed E-state index contributed by atoms with van der Waals surface area (Å²) in [7, 11) is 0. The molecule has 0 spiro atoms. The van der Waals surface area contributed by atoms with Crippen LogP contribution in [-0.2, 0) is 9.63 Å². The van der Waals surface area contributed by atoms with Gasteiger partial charge in [0, 0.05) is 6.54 Å². The minimum atomic E-state index is -0.836. The lowest BCUT2D eigenvalue weighted by Gasteiger charge is -2.08. The van der Waals surface area contributed by atoms with Gasteiger partial charge in [-0.15, -0.1) is 0 Å². The summed E-state index contributed by atoms with van der Waals surface area (Å²) >= 11 is 0. The molecule has 0 atom stereocenters. The number of aliphatic carboxylic acids is 1. The van der Waals surface area contributed by atoms with Crippen molar-refractivity contribution in [1.82, 2.24) is 5.06 Å². The molecule has 0 aromatic carbocycles. The summed E-state index contributed by atoms with van der Waals surface area (Å²) in [5, 5.41) is 9.71. The zero-order valence-electron chi connectivity index (χ0n) is 5.04. The summed E-state index contributed by atoms with van der Waals surface area (Å²) in [6, 6.07) is 0. The Morgan fingerprint density at radius 3 is 3.00 bits per heavy atom. The molecule has 4 nitrogen and oxygen atoms in total. The Morgan fingerprint density at radius 1 is 1.78 bits per heavy atom. The Labute approximate surface area is 53.0 Å². The summed E-state index contributed by atoms with van der Waals surface area (Å²) in [5.41, 5.74) is 0. The van der Waals surface area contributed by atoms with Crippen molar-refractivity contribution in [2.24, 2.45) is 0 Å². The fourth-order valence-electron chi connectivity index (χ4n) is 0.775. The minimum Gasteiger partial charge on any atom is -0.480 e. The summed E-state index contributed by atoms with van der Waals surface area (Å²) in [6.07, 6.45) is 0.938. The maximum Gasteiger partial charge on any atom is 0.320 e. The lowest BCUT2D eigenvalue weighted by molar-refractivity contribution is -0.156. The van der Waals surface area contributed by atoms with Gasteiger partial charge in [-0.05, 0) is 6.42 Å². The summed E-state index contributed by atoms with van der Waals surface area (Å²) < 4.78 is 0. The normalized spacial score (nSPS) is 20.4. The molecule has 0 unspecified atom stereocenters. The zero-order chi connectivity index (χ0) is 6.69. The maximum atomic E-state index is 10.0. The van der Waals surface area contributed by atoms with Gasteiger partial charge in [0.05, 0.1) is 6.61 Å². The number of carbonyl (C=O) groups is 1. The van der Waals surface area contributed by atoms with E-state index >= 15 is 0 Å². The molecule has 0 aliphatic carbocycles. The Balaban J connectivity index is 2.19. The SMILES string of the molecule is O=C(O)CN1CCCO1. The highest BCUT2D eigenvalue weighted by molar-refractivity contribution is 5.68. The topological polar surface area (TPSA) is 49.8 Å². The number of nitrogens with zero attached hydrogens (tertiary/aromatic N) is 1. The Morgan fingerprint density at radius 2 is 2.56 bits per heavy atom. The van der Waals surface area contributed by atoms with E-state index in [0.717, 1.165) is 13.0 Å². The van der Waals surface area contributed by atoms with E-state index in [1.54, 1.807) is 0 Å². The van der Waals surface area contributed by atoms with Gasteiger partial charge in [-0.25, -0.2) is 0 Å². The standard InChI is InChI=1S/C5H9NO3/c7-5(8)4-6-2-1-3-9-6/h1-4H2,(H,7,8). The fraction of sp³-hybridized carbons (Fsp3) is 0.800. The number of hydroxylamine groups is 2. The van der Waals surface area contributed by atoms with Gasteiger partial charge in [0.1, 0.15) is 6.54 Å². The van der Waals surface area contributed by atoms with E-state index in [9.17, 15) is 4.79 Å². The number of hydrogen-bond acceptors (Lipinski definition) is 3. The monoisotopic (exact) mass is 131 g/mol. The molecule has 0 saturated carbocycles. The van der Waals surface area contributed by atoms with Crippen molar-refractivity contribution in [3.8, 4) is 0 Å². The first kappa shape index (κ1) is 6.51. The van der Waals surface area contributed by atoms with Gasteiger partial charge in [-0.2, -0.15) is 5.06 Å². The number of carboxylic acid groups (broad SMARTS) is 1. The largest absolute Gasteiger partial charge is 0.480 e. The van der Waals surface area contributed by atoms with Crippen LogP contribution in [0.3, 0.4) is 0 Å². The quantitative estimate of drug-likeness (QED) is 0.559. The van der Waals surface area contributed by atoms with Gasteiger partial charge >= 0.3 is 5.97 Å². The van der Waals surface area contributed by atoms with Crippen molar-refractivity contribution in [3.63, 3.8) is 0 Å². The summed E-state index contributed by atoms with van der Waals surface area (Å²) in [6.45, 7) is 1.40. The van der Waals surface area contributed by atoms with Crippen molar-refractivity contribution < 1.29 is 14.7 Å². The first-order valence-corrected chi connectivity index (χ1v) is 2.88. The molecule has 0 amide bonds. The van der Waals surface area contributed by atoms with Crippen molar-refractivity contribution in [2.45, 2.75) is 6.42 Å². The second kappa shape index (κ2) is 2.80. The second-order valence-corrected chi connectivity index (χ2v) is 1.94. The third-order valence-corrected chi connectivity index (χ3v) is 1.14. The maximum absolute atomic E-state index is 10.0. The van der Waals surface area contributed by atoms with Crippen molar-refractivity contribution in [3.05, 3.63) is 0 Å². The molecule has 1 rings (SSSR count). The molecule has 1 aliphatic rings. The van der Waals surface area contributed by atoms with E-state index in [-0.39, 0.29) is 6.54 Å². The predicted molar refractivity (Wildman–Crippen MR) is 29.8 cm³/mol. The lowest BCUT2D eigenvalue weighted by Crippen LogP contribution is -2.25. The van der Waals surface area contributed by atoms with Crippen LogP contribution in [0, 0.1) is 0 Å². The minimum absolute atomic E-state index is 0. The predicted octanol–water partition coefficient (Wildman–Crippen LogP) is -0.292. The van der Waals surface area contributed by atoms with E-state index in [2.05, 4.69) is 0 Å². The highest BCUT2D eigenvalue weighted by atomic mass is 16.7. The fourth-order valence-corrected chi connectivity index (χ4v) is 0.775. The van der Waals surface area contributed by atoms with Crippen LogP contribution in [0.4, 0.5) is 0 Å². The van der Waals surface area contributed by atoms with E-state index in [1.165, 1.54) is 5.06 Å². The van der Waals surface area contributed by atoms with Gasteiger partial charge < -0.3 is 5.11 Å². The van der Waals surface area contributed by atoms with Gasteiger partial charge in [0.2, 0.25) is 0 Å². The molecule has 0 aromatic rings. The highest BCUT2D eigenvalue weighted by Crippen LogP contribution is 2.01. The molecule has 0 radical (unpaired) electrons. The summed E-state index contributed by atoms with van der Waals surface area (Å²) in [5.74, 6) is -0.836. The van der Waals surface area contributed by atoms with Crippen LogP contribution in [-0.4, -0.2) is 35.8 Å². The Kier molecular flexibility index (Phi) is 2.02. The van der Waals surface area contributed by atoms with E-state index < -0.39 is 5.97 Å². The first-order valence-electron chi connectivity index (χ1n) is 2.88. The van der Waals surface area contributed by atoms with Crippen LogP contribution in [0.15, 0.2) is 0 Å². The summed E-state index contributed by atoms with van der Waals surface area (Å²) in [4.78, 5) is 14.9. The van der Waals surface area contributed by atoms with Crippen LogP contribution < -0.4 is 0 Å². The van der Waals surface area contributed by atoms with E-state index in [0.29, 0.717) is 6.61 Å². The molecule has 0 aromatic heterocycles. The van der Waals surface area contributed by atoms with Gasteiger partial charge in [-0.1, -0.05) is 0 Å². The molecule has 1 N–H and O–H groups in total. The van der Waals surface area contributed by atoms with E-state index in [1.807, 2.05) is 0 Å². The van der Waals surface area contributed by atoms with Crippen molar-refractivity contribution >= 4 is 5.97 Å². The zero-order valence-corrected chi connectivity index (χ0v) is 5.04. The first-order chi connectivity index (χ1) is 4.29.